The molecule has 3 nitrogen and oxygen atoms in total. The number of hydrogen-bond acceptors (Lipinski definition) is 3. The van der Waals surface area contributed by atoms with Gasteiger partial charge in [-0.1, -0.05) is 54.1 Å². The fourth-order valence-electron chi connectivity index (χ4n) is 2.32. The van der Waals surface area contributed by atoms with Crippen molar-refractivity contribution in [2.75, 3.05) is 0 Å². The van der Waals surface area contributed by atoms with Gasteiger partial charge in [-0.05, 0) is 48.4 Å². The molecule has 0 aliphatic rings. The van der Waals surface area contributed by atoms with Gasteiger partial charge in [0, 0.05) is 6.20 Å². The molecular formula is C22H19NO2. The van der Waals surface area contributed by atoms with Crippen LogP contribution in [0, 0.1) is 6.92 Å². The van der Waals surface area contributed by atoms with Crippen LogP contribution >= 0.6 is 0 Å². The highest BCUT2D eigenvalue weighted by atomic mass is 16.5. The highest BCUT2D eigenvalue weighted by Gasteiger charge is 2.02. The molecule has 0 spiro atoms. The second-order valence-corrected chi connectivity index (χ2v) is 5.76. The Labute approximate surface area is 147 Å². The number of ether oxygens (including phenoxy) is 1. The third kappa shape index (κ3) is 4.88. The molecular weight excluding hydrogens is 310 g/mol. The van der Waals surface area contributed by atoms with Crippen molar-refractivity contribution in [2.45, 2.75) is 13.5 Å². The molecule has 0 saturated carbocycles. The first-order valence-corrected chi connectivity index (χ1v) is 8.12. The minimum atomic E-state index is -0.119. The maximum atomic E-state index is 12.1. The number of ketones is 1. The lowest BCUT2D eigenvalue weighted by molar-refractivity contribution is 0.104. The van der Waals surface area contributed by atoms with Crippen molar-refractivity contribution in [1.29, 1.82) is 0 Å². The Bertz CT molecular complexity index is 868. The fraction of sp³-hybridized carbons (Fsp3) is 0.0909. The van der Waals surface area contributed by atoms with Gasteiger partial charge in [-0.15, -0.1) is 0 Å². The van der Waals surface area contributed by atoms with Crippen molar-refractivity contribution in [2.24, 2.45) is 0 Å². The second kappa shape index (κ2) is 8.06. The predicted octanol–water partition coefficient (Wildman–Crippen LogP) is 4.87. The predicted molar refractivity (Wildman–Crippen MR) is 99.6 cm³/mol. The minimum absolute atomic E-state index is 0.119. The number of aromatic nitrogens is 1. The highest BCUT2D eigenvalue weighted by Crippen LogP contribution is 2.17. The maximum absolute atomic E-state index is 12.1. The maximum Gasteiger partial charge on any atom is 0.204 e. The Morgan fingerprint density at radius 3 is 2.64 bits per heavy atom. The SMILES string of the molecule is Cc1ccc(COc2cccc(/C=C/C(=O)c3ccccn3)c2)cc1. The van der Waals surface area contributed by atoms with Gasteiger partial charge < -0.3 is 4.74 Å². The first-order valence-electron chi connectivity index (χ1n) is 8.12. The lowest BCUT2D eigenvalue weighted by atomic mass is 10.1. The lowest BCUT2D eigenvalue weighted by Crippen LogP contribution is -1.97. The number of rotatable bonds is 6. The Morgan fingerprint density at radius 2 is 1.88 bits per heavy atom. The van der Waals surface area contributed by atoms with Crippen LogP contribution in [-0.2, 0) is 6.61 Å². The molecule has 25 heavy (non-hydrogen) atoms. The molecule has 0 radical (unpaired) electrons. The van der Waals surface area contributed by atoms with Gasteiger partial charge in [-0.3, -0.25) is 9.78 Å². The summed E-state index contributed by atoms with van der Waals surface area (Å²) in [4.78, 5) is 16.1. The molecule has 3 aromatic rings. The summed E-state index contributed by atoms with van der Waals surface area (Å²) in [6.07, 6.45) is 4.91. The average Bonchev–Trinajstić information content (AvgIpc) is 2.67. The molecule has 0 amide bonds. The zero-order valence-electron chi connectivity index (χ0n) is 14.1. The van der Waals surface area contributed by atoms with E-state index < -0.39 is 0 Å². The molecule has 3 heteroatoms. The van der Waals surface area contributed by atoms with Gasteiger partial charge in [0.15, 0.2) is 0 Å². The molecule has 0 atom stereocenters. The van der Waals surface area contributed by atoms with E-state index in [4.69, 9.17) is 4.74 Å². The van der Waals surface area contributed by atoms with E-state index in [1.807, 2.05) is 24.3 Å². The summed E-state index contributed by atoms with van der Waals surface area (Å²) in [6, 6.07) is 21.2. The van der Waals surface area contributed by atoms with Gasteiger partial charge in [0.25, 0.3) is 0 Å². The smallest absolute Gasteiger partial charge is 0.204 e. The summed E-state index contributed by atoms with van der Waals surface area (Å²) >= 11 is 0. The summed E-state index contributed by atoms with van der Waals surface area (Å²) in [5.74, 6) is 0.652. The summed E-state index contributed by atoms with van der Waals surface area (Å²) in [7, 11) is 0. The molecule has 124 valence electrons. The van der Waals surface area contributed by atoms with E-state index in [-0.39, 0.29) is 5.78 Å². The summed E-state index contributed by atoms with van der Waals surface area (Å²) in [5.41, 5.74) is 3.70. The topological polar surface area (TPSA) is 39.2 Å². The van der Waals surface area contributed by atoms with E-state index in [0.29, 0.717) is 12.3 Å². The molecule has 0 saturated heterocycles. The number of allylic oxidation sites excluding steroid dienone is 1. The Kier molecular flexibility index (Phi) is 5.37. The Balaban J connectivity index is 1.64. The largest absolute Gasteiger partial charge is 0.489 e. The van der Waals surface area contributed by atoms with Crippen molar-refractivity contribution >= 4 is 11.9 Å². The first-order chi connectivity index (χ1) is 12.2. The normalized spacial score (nSPS) is 10.8. The van der Waals surface area contributed by atoms with E-state index in [9.17, 15) is 4.79 Å². The van der Waals surface area contributed by atoms with Crippen LogP contribution < -0.4 is 4.74 Å². The van der Waals surface area contributed by atoms with Crippen molar-refractivity contribution in [3.63, 3.8) is 0 Å². The molecule has 0 fully saturated rings. The van der Waals surface area contributed by atoms with Crippen LogP contribution in [0.3, 0.4) is 0 Å². The van der Waals surface area contributed by atoms with Crippen molar-refractivity contribution in [1.82, 2.24) is 4.98 Å². The van der Waals surface area contributed by atoms with Gasteiger partial charge >= 0.3 is 0 Å². The molecule has 2 aromatic carbocycles. The third-order valence-corrected chi connectivity index (χ3v) is 3.73. The van der Waals surface area contributed by atoms with Gasteiger partial charge in [-0.25, -0.2) is 0 Å². The number of carbonyl (C=O) groups is 1. The molecule has 1 aromatic heterocycles. The summed E-state index contributed by atoms with van der Waals surface area (Å²) in [5, 5.41) is 0. The summed E-state index contributed by atoms with van der Waals surface area (Å²) in [6.45, 7) is 2.58. The highest BCUT2D eigenvalue weighted by molar-refractivity contribution is 6.05. The van der Waals surface area contributed by atoms with Gasteiger partial charge in [-0.2, -0.15) is 0 Å². The fourth-order valence-corrected chi connectivity index (χ4v) is 2.32. The van der Waals surface area contributed by atoms with Gasteiger partial charge in [0.05, 0.1) is 0 Å². The van der Waals surface area contributed by atoms with Gasteiger partial charge in [0.1, 0.15) is 18.1 Å². The van der Waals surface area contributed by atoms with E-state index in [1.165, 1.54) is 11.6 Å². The van der Waals surface area contributed by atoms with Crippen molar-refractivity contribution < 1.29 is 9.53 Å². The number of pyridine rings is 1. The summed E-state index contributed by atoms with van der Waals surface area (Å²) < 4.78 is 5.83. The number of nitrogens with zero attached hydrogens (tertiary/aromatic N) is 1. The third-order valence-electron chi connectivity index (χ3n) is 3.73. The Hall–Kier alpha value is -3.20. The van der Waals surface area contributed by atoms with E-state index in [1.54, 1.807) is 30.5 Å². The van der Waals surface area contributed by atoms with Crippen molar-refractivity contribution in [3.05, 3.63) is 101 Å². The molecule has 0 aliphatic heterocycles. The Morgan fingerprint density at radius 1 is 1.04 bits per heavy atom. The van der Waals surface area contributed by atoms with Crippen LogP contribution in [0.4, 0.5) is 0 Å². The van der Waals surface area contributed by atoms with Crippen LogP contribution in [0.25, 0.3) is 6.08 Å². The second-order valence-electron chi connectivity index (χ2n) is 5.76. The number of benzene rings is 2. The van der Waals surface area contributed by atoms with Crippen molar-refractivity contribution in [3.8, 4) is 5.75 Å². The first kappa shape index (κ1) is 16.7. The monoisotopic (exact) mass is 329 g/mol. The molecule has 0 N–H and O–H groups in total. The molecule has 1 heterocycles. The number of hydrogen-bond donors (Lipinski definition) is 0. The number of carbonyl (C=O) groups excluding carboxylic acids is 1. The van der Waals surface area contributed by atoms with Crippen LogP contribution in [-0.4, -0.2) is 10.8 Å². The number of aryl methyl sites for hydroxylation is 1. The quantitative estimate of drug-likeness (QED) is 0.478. The zero-order chi connectivity index (χ0) is 17.5. The van der Waals surface area contributed by atoms with E-state index in [2.05, 4.69) is 36.2 Å². The van der Waals surface area contributed by atoms with Crippen LogP contribution in [0.5, 0.6) is 5.75 Å². The van der Waals surface area contributed by atoms with Gasteiger partial charge in [0.2, 0.25) is 5.78 Å². The molecule has 3 rings (SSSR count). The molecule has 0 unspecified atom stereocenters. The molecule has 0 aliphatic carbocycles. The van der Waals surface area contributed by atoms with Crippen LogP contribution in [0.15, 0.2) is 79.0 Å². The standard InChI is InChI=1S/C22H19NO2/c1-17-8-10-19(11-9-17)16-25-20-6-4-5-18(15-20)12-13-22(24)21-7-2-3-14-23-21/h2-15H,16H2,1H3/b13-12+. The van der Waals surface area contributed by atoms with Crippen LogP contribution in [0.1, 0.15) is 27.2 Å². The molecule has 0 bridgehead atoms. The van der Waals surface area contributed by atoms with E-state index >= 15 is 0 Å². The lowest BCUT2D eigenvalue weighted by Gasteiger charge is -2.07. The van der Waals surface area contributed by atoms with E-state index in [0.717, 1.165) is 16.9 Å². The average molecular weight is 329 g/mol. The zero-order valence-corrected chi connectivity index (χ0v) is 14.1. The minimum Gasteiger partial charge on any atom is -0.489 e. The van der Waals surface area contributed by atoms with Crippen LogP contribution in [0.2, 0.25) is 0 Å².